The van der Waals surface area contributed by atoms with Crippen LogP contribution in [0.5, 0.6) is 17.2 Å². The van der Waals surface area contributed by atoms with Gasteiger partial charge < -0.3 is 14.2 Å². The van der Waals surface area contributed by atoms with E-state index in [1.807, 2.05) is 31.2 Å². The Morgan fingerprint density at radius 1 is 0.762 bits per heavy atom. The minimum Gasteiger partial charge on any atom is -0.496 e. The number of rotatable bonds is 5. The number of aryl methyl sites for hydroxylation is 1. The van der Waals surface area contributed by atoms with Gasteiger partial charge in [0.25, 0.3) is 0 Å². The van der Waals surface area contributed by atoms with E-state index in [-0.39, 0.29) is 4.83 Å². The van der Waals surface area contributed by atoms with Crippen LogP contribution in [0.4, 0.5) is 0 Å². The van der Waals surface area contributed by atoms with E-state index in [9.17, 15) is 0 Å². The van der Waals surface area contributed by atoms with Crippen LogP contribution in [0, 0.1) is 6.92 Å². The number of benzene rings is 2. The van der Waals surface area contributed by atoms with Gasteiger partial charge in [-0.05, 0) is 41.8 Å². The van der Waals surface area contributed by atoms with Gasteiger partial charge in [-0.1, -0.05) is 34.1 Å². The Kier molecular flexibility index (Phi) is 5.12. The highest BCUT2D eigenvalue weighted by Crippen LogP contribution is 2.37. The first-order valence-electron chi connectivity index (χ1n) is 6.61. The predicted molar refractivity (Wildman–Crippen MR) is 88.0 cm³/mol. The maximum atomic E-state index is 5.36. The van der Waals surface area contributed by atoms with Crippen LogP contribution in [0.25, 0.3) is 0 Å². The van der Waals surface area contributed by atoms with E-state index in [2.05, 4.69) is 28.1 Å². The average molecular weight is 351 g/mol. The molecule has 2 rings (SSSR count). The van der Waals surface area contributed by atoms with Crippen molar-refractivity contribution < 1.29 is 14.2 Å². The van der Waals surface area contributed by atoms with Gasteiger partial charge in [-0.25, -0.2) is 0 Å². The molecule has 1 atom stereocenters. The molecule has 0 saturated heterocycles. The first-order valence-corrected chi connectivity index (χ1v) is 7.52. The average Bonchev–Trinajstić information content (AvgIpc) is 2.53. The summed E-state index contributed by atoms with van der Waals surface area (Å²) in [6, 6.07) is 12.1. The summed E-state index contributed by atoms with van der Waals surface area (Å²) < 4.78 is 15.9. The van der Waals surface area contributed by atoms with E-state index < -0.39 is 0 Å². The van der Waals surface area contributed by atoms with Crippen molar-refractivity contribution in [2.24, 2.45) is 0 Å². The normalized spacial score (nSPS) is 11.9. The molecule has 0 bridgehead atoms. The lowest BCUT2D eigenvalue weighted by Crippen LogP contribution is -1.97. The minimum absolute atomic E-state index is 0.0851. The molecule has 0 N–H and O–H groups in total. The van der Waals surface area contributed by atoms with Crippen molar-refractivity contribution in [2.45, 2.75) is 11.8 Å². The molecule has 2 aromatic carbocycles. The Morgan fingerprint density at radius 3 is 1.81 bits per heavy atom. The lowest BCUT2D eigenvalue weighted by Gasteiger charge is -2.15. The highest BCUT2D eigenvalue weighted by Gasteiger charge is 2.14. The summed E-state index contributed by atoms with van der Waals surface area (Å²) in [4.78, 5) is 0.0851. The maximum absolute atomic E-state index is 5.36. The molecule has 0 spiro atoms. The van der Waals surface area contributed by atoms with Gasteiger partial charge in [-0.15, -0.1) is 0 Å². The number of halogens is 1. The monoisotopic (exact) mass is 350 g/mol. The molecule has 0 radical (unpaired) electrons. The summed E-state index contributed by atoms with van der Waals surface area (Å²) in [5.74, 6) is 2.35. The van der Waals surface area contributed by atoms with Gasteiger partial charge in [0.15, 0.2) is 11.5 Å². The van der Waals surface area contributed by atoms with Crippen molar-refractivity contribution in [3.8, 4) is 17.2 Å². The molecule has 2 aromatic rings. The van der Waals surface area contributed by atoms with Crippen molar-refractivity contribution in [1.29, 1.82) is 0 Å². The summed E-state index contributed by atoms with van der Waals surface area (Å²) in [5, 5.41) is 0. The summed E-state index contributed by atoms with van der Waals surface area (Å²) in [7, 11) is 4.96. The Labute approximate surface area is 134 Å². The minimum atomic E-state index is 0.0851. The Morgan fingerprint density at radius 2 is 1.29 bits per heavy atom. The molecule has 4 heteroatoms. The van der Waals surface area contributed by atoms with Gasteiger partial charge >= 0.3 is 0 Å². The molecule has 0 heterocycles. The number of alkyl halides is 1. The van der Waals surface area contributed by atoms with E-state index in [0.717, 1.165) is 28.4 Å². The van der Waals surface area contributed by atoms with Crippen LogP contribution in [0.15, 0.2) is 36.4 Å². The largest absolute Gasteiger partial charge is 0.496 e. The quantitative estimate of drug-likeness (QED) is 0.742. The van der Waals surface area contributed by atoms with E-state index in [0.29, 0.717) is 0 Å². The van der Waals surface area contributed by atoms with Crippen molar-refractivity contribution in [3.63, 3.8) is 0 Å². The molecular formula is C17H19BrO3. The third-order valence-corrected chi connectivity index (χ3v) is 4.47. The second kappa shape index (κ2) is 6.85. The van der Waals surface area contributed by atoms with Gasteiger partial charge in [0, 0.05) is 0 Å². The summed E-state index contributed by atoms with van der Waals surface area (Å²) >= 11 is 3.75. The zero-order valence-corrected chi connectivity index (χ0v) is 14.2. The molecule has 0 fully saturated rings. The van der Waals surface area contributed by atoms with Crippen LogP contribution < -0.4 is 14.2 Å². The van der Waals surface area contributed by atoms with Gasteiger partial charge in [0.1, 0.15) is 5.75 Å². The molecule has 0 aliphatic rings. The van der Waals surface area contributed by atoms with Crippen LogP contribution in [-0.4, -0.2) is 21.3 Å². The SMILES string of the molecule is COc1ccc(C(Br)c2ccc(OC)c(OC)c2)cc1C. The predicted octanol–water partition coefficient (Wildman–Crippen LogP) is 4.51. The zero-order valence-electron chi connectivity index (χ0n) is 12.6. The molecule has 0 saturated carbocycles. The number of ether oxygens (including phenoxy) is 3. The van der Waals surface area contributed by atoms with Crippen molar-refractivity contribution in [2.75, 3.05) is 21.3 Å². The fraction of sp³-hybridized carbons (Fsp3) is 0.294. The van der Waals surface area contributed by atoms with Crippen molar-refractivity contribution in [1.82, 2.24) is 0 Å². The van der Waals surface area contributed by atoms with Crippen LogP contribution in [-0.2, 0) is 0 Å². The fourth-order valence-corrected chi connectivity index (χ4v) is 2.83. The molecule has 0 amide bonds. The molecule has 1 unspecified atom stereocenters. The van der Waals surface area contributed by atoms with E-state index in [1.165, 1.54) is 5.56 Å². The lowest BCUT2D eigenvalue weighted by molar-refractivity contribution is 0.354. The Bertz CT molecular complexity index is 625. The number of hydrogen-bond acceptors (Lipinski definition) is 3. The zero-order chi connectivity index (χ0) is 15.4. The molecular weight excluding hydrogens is 332 g/mol. The molecule has 3 nitrogen and oxygen atoms in total. The highest BCUT2D eigenvalue weighted by atomic mass is 79.9. The smallest absolute Gasteiger partial charge is 0.161 e. The standard InChI is InChI=1S/C17H19BrO3/c1-11-9-12(5-7-14(11)19-2)17(18)13-6-8-15(20-3)16(10-13)21-4/h5-10,17H,1-4H3. The van der Waals surface area contributed by atoms with E-state index in [1.54, 1.807) is 21.3 Å². The second-order valence-corrected chi connectivity index (χ2v) is 5.62. The Balaban J connectivity index is 2.35. The van der Waals surface area contributed by atoms with Crippen LogP contribution in [0.2, 0.25) is 0 Å². The van der Waals surface area contributed by atoms with Crippen molar-refractivity contribution in [3.05, 3.63) is 53.1 Å². The molecule has 0 aliphatic carbocycles. The van der Waals surface area contributed by atoms with Gasteiger partial charge in [-0.2, -0.15) is 0 Å². The van der Waals surface area contributed by atoms with Gasteiger partial charge in [-0.3, -0.25) is 0 Å². The third-order valence-electron chi connectivity index (χ3n) is 3.41. The lowest BCUT2D eigenvalue weighted by atomic mass is 10.0. The number of methoxy groups -OCH3 is 3. The topological polar surface area (TPSA) is 27.7 Å². The fourth-order valence-electron chi connectivity index (χ4n) is 2.26. The summed E-state index contributed by atoms with van der Waals surface area (Å²) in [6.07, 6.45) is 0. The highest BCUT2D eigenvalue weighted by molar-refractivity contribution is 9.09. The van der Waals surface area contributed by atoms with Crippen LogP contribution >= 0.6 is 15.9 Å². The Hall–Kier alpha value is -1.68. The number of hydrogen-bond donors (Lipinski definition) is 0. The summed E-state index contributed by atoms with van der Waals surface area (Å²) in [6.45, 7) is 2.04. The van der Waals surface area contributed by atoms with Crippen LogP contribution in [0.3, 0.4) is 0 Å². The van der Waals surface area contributed by atoms with Crippen LogP contribution in [0.1, 0.15) is 21.5 Å². The first kappa shape index (κ1) is 15.7. The van der Waals surface area contributed by atoms with E-state index >= 15 is 0 Å². The third kappa shape index (κ3) is 3.32. The molecule has 0 aliphatic heterocycles. The van der Waals surface area contributed by atoms with Crippen molar-refractivity contribution >= 4 is 15.9 Å². The van der Waals surface area contributed by atoms with E-state index in [4.69, 9.17) is 14.2 Å². The van der Waals surface area contributed by atoms with Gasteiger partial charge in [0.05, 0.1) is 26.2 Å². The summed E-state index contributed by atoms with van der Waals surface area (Å²) in [5.41, 5.74) is 3.39. The van der Waals surface area contributed by atoms with Gasteiger partial charge in [0.2, 0.25) is 0 Å². The second-order valence-electron chi connectivity index (χ2n) is 4.71. The maximum Gasteiger partial charge on any atom is 0.161 e. The molecule has 21 heavy (non-hydrogen) atoms. The molecule has 112 valence electrons. The first-order chi connectivity index (χ1) is 10.1. The molecule has 0 aromatic heterocycles.